The minimum atomic E-state index is -4.31. The molecule has 0 spiro atoms. The molecule has 0 aliphatic carbocycles. The summed E-state index contributed by atoms with van der Waals surface area (Å²) >= 11 is 0. The lowest BCUT2D eigenvalue weighted by molar-refractivity contribution is -0.122. The van der Waals surface area contributed by atoms with E-state index in [2.05, 4.69) is 55.6 Å². The average molecular weight is 738 g/mol. The van der Waals surface area contributed by atoms with Crippen molar-refractivity contribution in [2.75, 3.05) is 5.75 Å². The van der Waals surface area contributed by atoms with Crippen LogP contribution < -0.4 is 5.32 Å². The summed E-state index contributed by atoms with van der Waals surface area (Å²) < 4.78 is 32.5. The fourth-order valence-corrected chi connectivity index (χ4v) is 7.34. The zero-order chi connectivity index (χ0) is 37.5. The van der Waals surface area contributed by atoms with Crippen molar-refractivity contribution >= 4 is 16.0 Å². The lowest BCUT2D eigenvalue weighted by Crippen LogP contribution is -2.47. The Morgan fingerprint density at radius 2 is 0.882 bits per heavy atom. The molecule has 2 unspecified atom stereocenters. The molecule has 300 valence electrons. The third-order valence-electron chi connectivity index (χ3n) is 9.85. The molecule has 1 amide bonds. The van der Waals surface area contributed by atoms with Crippen LogP contribution in [0.5, 0.6) is 0 Å². The number of rotatable bonds is 39. The zero-order valence-electron chi connectivity index (χ0n) is 33.5. The van der Waals surface area contributed by atoms with Gasteiger partial charge in [-0.15, -0.1) is 0 Å². The molecule has 0 saturated carbocycles. The fourth-order valence-electron chi connectivity index (χ4n) is 6.58. The zero-order valence-corrected chi connectivity index (χ0v) is 34.3. The Balaban J connectivity index is 3.83. The van der Waals surface area contributed by atoms with Crippen LogP contribution in [0.4, 0.5) is 0 Å². The maximum absolute atomic E-state index is 12.5. The molecule has 0 bridgehead atoms. The number of aliphatic hydroxyl groups excluding tert-OH is 1. The van der Waals surface area contributed by atoms with Crippen LogP contribution in [0.2, 0.25) is 0 Å². The summed E-state index contributed by atoms with van der Waals surface area (Å²) in [4.78, 5) is 12.5. The maximum Gasteiger partial charge on any atom is 0.266 e. The molecule has 0 radical (unpaired) electrons. The maximum atomic E-state index is 12.5. The van der Waals surface area contributed by atoms with Gasteiger partial charge in [0.25, 0.3) is 10.1 Å². The first-order valence-corrected chi connectivity index (χ1v) is 23.3. The summed E-state index contributed by atoms with van der Waals surface area (Å²) in [6.45, 7) is 4.51. The Morgan fingerprint density at radius 1 is 0.529 bits per heavy atom. The topological polar surface area (TPSA) is 104 Å². The minimum absolute atomic E-state index is 0.253. The number of unbranched alkanes of at least 4 members (excludes halogenated alkanes) is 25. The smallest absolute Gasteiger partial charge is 0.266 e. The number of aliphatic hydroxyl groups is 1. The molecule has 0 aliphatic rings. The van der Waals surface area contributed by atoms with Gasteiger partial charge < -0.3 is 10.4 Å². The molecular weight excluding hydrogens is 655 g/mol. The predicted molar refractivity (Wildman–Crippen MR) is 221 cm³/mol. The van der Waals surface area contributed by atoms with E-state index < -0.39 is 28.0 Å². The highest BCUT2D eigenvalue weighted by atomic mass is 32.2. The van der Waals surface area contributed by atoms with E-state index in [1.807, 2.05) is 0 Å². The standard InChI is InChI=1S/C44H83NO5S/c1-3-5-7-9-11-13-15-17-18-19-20-21-22-23-24-25-26-28-30-32-34-36-38-40-44(47)45-42(41-51(48,49)50)43(46)39-37-35-33-31-29-27-16-14-12-10-8-6-4-2/h15,17,19-20,22-23,42-43,46H,3-14,16,18,21,24-41H2,1-2H3,(H,45,47)(H,48,49,50)/b17-15-,20-19-,23-22-. The van der Waals surface area contributed by atoms with E-state index in [1.165, 1.54) is 135 Å². The van der Waals surface area contributed by atoms with E-state index in [1.54, 1.807) is 0 Å². The van der Waals surface area contributed by atoms with Crippen LogP contribution >= 0.6 is 0 Å². The van der Waals surface area contributed by atoms with E-state index in [9.17, 15) is 22.9 Å². The van der Waals surface area contributed by atoms with E-state index in [-0.39, 0.29) is 5.91 Å². The molecule has 0 aliphatic heterocycles. The van der Waals surface area contributed by atoms with Crippen LogP contribution in [-0.2, 0) is 14.9 Å². The van der Waals surface area contributed by atoms with Crippen molar-refractivity contribution in [2.45, 2.75) is 231 Å². The number of hydrogen-bond acceptors (Lipinski definition) is 4. The first kappa shape index (κ1) is 49.6. The van der Waals surface area contributed by atoms with Crippen molar-refractivity contribution in [2.24, 2.45) is 0 Å². The van der Waals surface area contributed by atoms with Gasteiger partial charge in [-0.05, 0) is 51.4 Å². The molecule has 2 atom stereocenters. The predicted octanol–water partition coefficient (Wildman–Crippen LogP) is 12.9. The van der Waals surface area contributed by atoms with E-state index >= 15 is 0 Å². The van der Waals surface area contributed by atoms with Crippen LogP contribution in [0.15, 0.2) is 36.5 Å². The van der Waals surface area contributed by atoms with Gasteiger partial charge in [-0.2, -0.15) is 8.42 Å². The fraction of sp³-hybridized carbons (Fsp3) is 0.841. The van der Waals surface area contributed by atoms with Gasteiger partial charge in [-0.1, -0.05) is 198 Å². The summed E-state index contributed by atoms with van der Waals surface area (Å²) in [6.07, 6.45) is 49.5. The lowest BCUT2D eigenvalue weighted by atomic mass is 10.0. The highest BCUT2D eigenvalue weighted by molar-refractivity contribution is 7.85. The molecule has 0 aromatic rings. The second-order valence-corrected chi connectivity index (χ2v) is 16.5. The molecule has 6 nitrogen and oxygen atoms in total. The summed E-state index contributed by atoms with van der Waals surface area (Å²) in [5.41, 5.74) is 0. The Labute approximate surface area is 316 Å². The summed E-state index contributed by atoms with van der Waals surface area (Å²) in [7, 11) is -4.31. The van der Waals surface area contributed by atoms with Crippen LogP contribution in [0.3, 0.4) is 0 Å². The van der Waals surface area contributed by atoms with E-state index in [0.717, 1.165) is 57.8 Å². The Kier molecular flexibility index (Phi) is 37.2. The Hall–Kier alpha value is -1.44. The van der Waals surface area contributed by atoms with Gasteiger partial charge in [0.05, 0.1) is 17.9 Å². The highest BCUT2D eigenvalue weighted by Gasteiger charge is 2.26. The molecule has 0 aromatic carbocycles. The van der Waals surface area contributed by atoms with Gasteiger partial charge in [0.1, 0.15) is 0 Å². The van der Waals surface area contributed by atoms with E-state index in [4.69, 9.17) is 0 Å². The lowest BCUT2D eigenvalue weighted by Gasteiger charge is -2.23. The molecule has 0 heterocycles. The van der Waals surface area contributed by atoms with Gasteiger partial charge in [0.2, 0.25) is 5.91 Å². The Morgan fingerprint density at radius 3 is 1.29 bits per heavy atom. The van der Waals surface area contributed by atoms with Gasteiger partial charge in [-0.3, -0.25) is 9.35 Å². The average Bonchev–Trinajstić information content (AvgIpc) is 3.09. The third kappa shape index (κ3) is 39.6. The molecule has 0 aromatic heterocycles. The number of allylic oxidation sites excluding steroid dienone is 6. The summed E-state index contributed by atoms with van der Waals surface area (Å²) in [5, 5.41) is 13.4. The van der Waals surface area contributed by atoms with E-state index in [0.29, 0.717) is 12.8 Å². The van der Waals surface area contributed by atoms with Gasteiger partial charge in [-0.25, -0.2) is 0 Å². The molecule has 0 saturated heterocycles. The van der Waals surface area contributed by atoms with Crippen molar-refractivity contribution in [1.29, 1.82) is 0 Å². The molecule has 0 rings (SSSR count). The monoisotopic (exact) mass is 738 g/mol. The first-order valence-electron chi connectivity index (χ1n) is 21.7. The molecule has 0 fully saturated rings. The second-order valence-electron chi connectivity index (χ2n) is 15.0. The van der Waals surface area contributed by atoms with Crippen molar-refractivity contribution < 1.29 is 22.9 Å². The minimum Gasteiger partial charge on any atom is -0.391 e. The van der Waals surface area contributed by atoms with Crippen molar-refractivity contribution in [3.8, 4) is 0 Å². The number of carbonyl (C=O) groups is 1. The van der Waals surface area contributed by atoms with Crippen molar-refractivity contribution in [1.82, 2.24) is 5.32 Å². The van der Waals surface area contributed by atoms with Gasteiger partial charge in [0, 0.05) is 6.42 Å². The van der Waals surface area contributed by atoms with Crippen LogP contribution in [-0.4, -0.2) is 41.9 Å². The largest absolute Gasteiger partial charge is 0.391 e. The van der Waals surface area contributed by atoms with Crippen molar-refractivity contribution in [3.63, 3.8) is 0 Å². The molecular formula is C44H83NO5S. The number of hydrogen-bond donors (Lipinski definition) is 3. The number of amides is 1. The first-order chi connectivity index (χ1) is 24.8. The van der Waals surface area contributed by atoms with Gasteiger partial charge >= 0.3 is 0 Å². The highest BCUT2D eigenvalue weighted by Crippen LogP contribution is 2.16. The SMILES string of the molecule is CCCCCCC/C=C\C/C=C\C/C=C\CCCCCCCCCCC(=O)NC(CS(=O)(=O)O)C(O)CCCCCCCCCCCCCCC. The van der Waals surface area contributed by atoms with Crippen molar-refractivity contribution in [3.05, 3.63) is 36.5 Å². The normalized spacial score (nSPS) is 13.6. The van der Waals surface area contributed by atoms with Gasteiger partial charge in [0.15, 0.2) is 0 Å². The van der Waals surface area contributed by atoms with Crippen LogP contribution in [0.1, 0.15) is 219 Å². The molecule has 3 N–H and O–H groups in total. The number of nitrogens with one attached hydrogen (secondary N) is 1. The van der Waals surface area contributed by atoms with Crippen LogP contribution in [0, 0.1) is 0 Å². The molecule has 7 heteroatoms. The molecule has 51 heavy (non-hydrogen) atoms. The summed E-state index contributed by atoms with van der Waals surface area (Å²) in [5.74, 6) is -0.903. The summed E-state index contributed by atoms with van der Waals surface area (Å²) in [6, 6.07) is -0.974. The third-order valence-corrected chi connectivity index (χ3v) is 10.6. The van der Waals surface area contributed by atoms with Crippen LogP contribution in [0.25, 0.3) is 0 Å². The Bertz CT molecular complexity index is 945. The quantitative estimate of drug-likeness (QED) is 0.0331. The second kappa shape index (κ2) is 38.3. The number of carbonyl (C=O) groups excluding carboxylic acids is 1.